The lowest BCUT2D eigenvalue weighted by molar-refractivity contribution is 0.409. The molecule has 4 N–H and O–H groups in total. The van der Waals surface area contributed by atoms with Crippen LogP contribution in [0.1, 0.15) is 146 Å². The van der Waals surface area contributed by atoms with E-state index < -0.39 is 5.41 Å². The third-order valence-corrected chi connectivity index (χ3v) is 11.2. The molecule has 4 aromatic carbocycles. The van der Waals surface area contributed by atoms with Gasteiger partial charge in [-0.05, 0) is 108 Å². The number of hydrogen-bond acceptors (Lipinski definition) is 4. The number of phenols is 4. The maximum atomic E-state index is 11.8. The molecule has 0 aliphatic heterocycles. The number of benzene rings is 4. The highest BCUT2D eigenvalue weighted by Crippen LogP contribution is 2.46. The van der Waals surface area contributed by atoms with E-state index in [-0.39, 0.29) is 11.5 Å². The molecule has 0 heterocycles. The van der Waals surface area contributed by atoms with Crippen molar-refractivity contribution in [3.63, 3.8) is 0 Å². The zero-order chi connectivity index (χ0) is 33.3. The Kier molecular flexibility index (Phi) is 9.60. The van der Waals surface area contributed by atoms with Crippen LogP contribution in [-0.4, -0.2) is 20.4 Å². The summed E-state index contributed by atoms with van der Waals surface area (Å²) >= 11 is 0. The molecule has 248 valence electrons. The quantitative estimate of drug-likeness (QED) is 0.156. The van der Waals surface area contributed by atoms with E-state index >= 15 is 0 Å². The fraction of sp³-hybridized carbons (Fsp3) is 0.442. The van der Waals surface area contributed by atoms with Crippen molar-refractivity contribution in [3.8, 4) is 23.0 Å². The first kappa shape index (κ1) is 33.0. The molecule has 0 aromatic heterocycles. The van der Waals surface area contributed by atoms with E-state index in [1.165, 1.54) is 38.5 Å². The molecule has 0 unspecified atom stereocenters. The number of aromatic hydroxyl groups is 4. The maximum absolute atomic E-state index is 11.8. The van der Waals surface area contributed by atoms with Crippen LogP contribution in [0.5, 0.6) is 23.0 Å². The van der Waals surface area contributed by atoms with Crippen molar-refractivity contribution in [2.45, 2.75) is 122 Å². The lowest BCUT2D eigenvalue weighted by atomic mass is 9.72. The molecular formula is C43H52O4. The van der Waals surface area contributed by atoms with E-state index in [2.05, 4.69) is 38.1 Å². The number of aryl methyl sites for hydroxylation is 2. The van der Waals surface area contributed by atoms with E-state index in [4.69, 9.17) is 0 Å². The minimum absolute atomic E-state index is 0.249. The van der Waals surface area contributed by atoms with Gasteiger partial charge in [0.2, 0.25) is 0 Å². The Labute approximate surface area is 281 Å². The Morgan fingerprint density at radius 2 is 0.894 bits per heavy atom. The van der Waals surface area contributed by atoms with Gasteiger partial charge in [-0.3, -0.25) is 0 Å². The van der Waals surface area contributed by atoms with Gasteiger partial charge in [0.1, 0.15) is 23.0 Å². The van der Waals surface area contributed by atoms with E-state index in [0.717, 1.165) is 81.3 Å². The molecule has 0 saturated heterocycles. The van der Waals surface area contributed by atoms with Gasteiger partial charge in [-0.1, -0.05) is 112 Å². The molecule has 4 aromatic rings. The van der Waals surface area contributed by atoms with Crippen molar-refractivity contribution >= 4 is 0 Å². The first-order valence-corrected chi connectivity index (χ1v) is 17.8. The Bertz CT molecular complexity index is 1610. The summed E-state index contributed by atoms with van der Waals surface area (Å²) in [5.74, 6) is 1.84. The van der Waals surface area contributed by atoms with E-state index in [9.17, 15) is 20.4 Å². The predicted molar refractivity (Wildman–Crippen MR) is 191 cm³/mol. The minimum Gasteiger partial charge on any atom is -0.508 e. The molecule has 0 amide bonds. The van der Waals surface area contributed by atoms with Gasteiger partial charge >= 0.3 is 0 Å². The fourth-order valence-electron chi connectivity index (χ4n) is 8.17. The Morgan fingerprint density at radius 1 is 0.511 bits per heavy atom. The minimum atomic E-state index is -0.443. The van der Waals surface area contributed by atoms with Crippen molar-refractivity contribution in [1.29, 1.82) is 0 Å². The molecule has 0 radical (unpaired) electrons. The smallest absolute Gasteiger partial charge is 0.122 e. The van der Waals surface area contributed by atoms with Crippen LogP contribution in [0.4, 0.5) is 0 Å². The van der Waals surface area contributed by atoms with Crippen LogP contribution in [0.2, 0.25) is 0 Å². The van der Waals surface area contributed by atoms with Gasteiger partial charge in [-0.25, -0.2) is 0 Å². The van der Waals surface area contributed by atoms with Crippen LogP contribution in [0.25, 0.3) is 0 Å². The summed E-state index contributed by atoms with van der Waals surface area (Å²) in [5.41, 5.74) is 9.32. The normalized spacial score (nSPS) is 16.4. The van der Waals surface area contributed by atoms with Crippen LogP contribution in [0.3, 0.4) is 0 Å². The summed E-state index contributed by atoms with van der Waals surface area (Å²) in [6.45, 7) is 8.56. The summed E-state index contributed by atoms with van der Waals surface area (Å²) in [7, 11) is 0. The molecule has 4 heteroatoms. The lowest BCUT2D eigenvalue weighted by Crippen LogP contribution is -2.22. The molecule has 0 atom stereocenters. The summed E-state index contributed by atoms with van der Waals surface area (Å²) < 4.78 is 0. The first-order valence-electron chi connectivity index (χ1n) is 17.8. The van der Waals surface area contributed by atoms with Gasteiger partial charge in [0.05, 0.1) is 0 Å². The summed E-state index contributed by atoms with van der Waals surface area (Å²) in [5, 5.41) is 45.1. The fourth-order valence-corrected chi connectivity index (χ4v) is 8.17. The molecule has 2 saturated carbocycles. The Balaban J connectivity index is 1.49. The average Bonchev–Trinajstić information content (AvgIpc) is 3.07. The van der Waals surface area contributed by atoms with Crippen molar-refractivity contribution in [3.05, 3.63) is 116 Å². The topological polar surface area (TPSA) is 80.9 Å². The van der Waals surface area contributed by atoms with Gasteiger partial charge in [0.25, 0.3) is 0 Å². The second kappa shape index (κ2) is 13.7. The number of hydrogen-bond donors (Lipinski definition) is 4. The predicted octanol–water partition coefficient (Wildman–Crippen LogP) is 10.7. The highest BCUT2D eigenvalue weighted by Gasteiger charge is 2.31. The summed E-state index contributed by atoms with van der Waals surface area (Å²) in [6, 6.07) is 20.1. The number of rotatable bonds is 8. The molecule has 2 fully saturated rings. The SMILES string of the molecule is Cc1ccc(O)c(Cc2cc(C(C)(C)c3cc(Cc4cc(C)ccc4O)c(O)c(C4CCCCC4)c3)cc(C3CCCCC3)c2O)c1. The van der Waals surface area contributed by atoms with E-state index in [0.29, 0.717) is 36.2 Å². The zero-order valence-electron chi connectivity index (χ0n) is 28.7. The van der Waals surface area contributed by atoms with E-state index in [1.807, 2.05) is 38.1 Å². The molecule has 47 heavy (non-hydrogen) atoms. The van der Waals surface area contributed by atoms with Crippen molar-refractivity contribution < 1.29 is 20.4 Å². The largest absolute Gasteiger partial charge is 0.508 e. The lowest BCUT2D eigenvalue weighted by Gasteiger charge is -2.32. The molecule has 0 spiro atoms. The van der Waals surface area contributed by atoms with Crippen LogP contribution in [0.15, 0.2) is 60.7 Å². The monoisotopic (exact) mass is 632 g/mol. The van der Waals surface area contributed by atoms with Gasteiger partial charge < -0.3 is 20.4 Å². The van der Waals surface area contributed by atoms with Gasteiger partial charge in [-0.2, -0.15) is 0 Å². The summed E-state index contributed by atoms with van der Waals surface area (Å²) in [4.78, 5) is 0. The van der Waals surface area contributed by atoms with Crippen LogP contribution in [-0.2, 0) is 18.3 Å². The Morgan fingerprint density at radius 3 is 1.28 bits per heavy atom. The van der Waals surface area contributed by atoms with Gasteiger partial charge in [0.15, 0.2) is 0 Å². The second-order valence-electron chi connectivity index (χ2n) is 15.1. The van der Waals surface area contributed by atoms with Crippen LogP contribution in [0, 0.1) is 13.8 Å². The third-order valence-electron chi connectivity index (χ3n) is 11.2. The van der Waals surface area contributed by atoms with Gasteiger partial charge in [0, 0.05) is 18.3 Å². The second-order valence-corrected chi connectivity index (χ2v) is 15.1. The van der Waals surface area contributed by atoms with Crippen LogP contribution < -0.4 is 0 Å². The third kappa shape index (κ3) is 7.03. The highest BCUT2D eigenvalue weighted by atomic mass is 16.3. The number of phenolic OH excluding ortho intramolecular Hbond substituents is 4. The molecular weight excluding hydrogens is 580 g/mol. The van der Waals surface area contributed by atoms with Crippen molar-refractivity contribution in [1.82, 2.24) is 0 Å². The summed E-state index contributed by atoms with van der Waals surface area (Å²) in [6.07, 6.45) is 12.3. The van der Waals surface area contributed by atoms with E-state index in [1.54, 1.807) is 12.1 Å². The maximum Gasteiger partial charge on any atom is 0.122 e. The standard InChI is InChI=1S/C43H52O4/c1-27-15-17-39(44)31(19-27)21-33-23-35(25-37(41(33)46)29-11-7-5-8-12-29)43(3,4)36-24-34(22-32-20-28(2)16-18-40(32)45)42(47)38(26-36)30-13-9-6-10-14-30/h15-20,23-26,29-30,44-47H,5-14,21-22H2,1-4H3. The van der Waals surface area contributed by atoms with Crippen LogP contribution >= 0.6 is 0 Å². The molecule has 6 rings (SSSR count). The molecule has 2 aliphatic rings. The zero-order valence-corrected chi connectivity index (χ0v) is 28.7. The average molecular weight is 633 g/mol. The van der Waals surface area contributed by atoms with Crippen molar-refractivity contribution in [2.75, 3.05) is 0 Å². The highest BCUT2D eigenvalue weighted by molar-refractivity contribution is 5.56. The van der Waals surface area contributed by atoms with Crippen molar-refractivity contribution in [2.24, 2.45) is 0 Å². The Hall–Kier alpha value is -3.92. The molecule has 2 aliphatic carbocycles. The van der Waals surface area contributed by atoms with Gasteiger partial charge in [-0.15, -0.1) is 0 Å². The molecule has 4 nitrogen and oxygen atoms in total. The first-order chi connectivity index (χ1) is 22.5. The molecule has 0 bridgehead atoms.